The summed E-state index contributed by atoms with van der Waals surface area (Å²) in [5.74, 6) is -0.312. The monoisotopic (exact) mass is 478 g/mol. The van der Waals surface area contributed by atoms with Crippen molar-refractivity contribution >= 4 is 40.0 Å². The Morgan fingerprint density at radius 1 is 0.943 bits per heavy atom. The van der Waals surface area contributed by atoms with Gasteiger partial charge in [-0.3, -0.25) is 9.59 Å². The van der Waals surface area contributed by atoms with Crippen LogP contribution in [-0.2, 0) is 14.3 Å². The van der Waals surface area contributed by atoms with Crippen LogP contribution in [0, 0.1) is 0 Å². The Bertz CT molecular complexity index is 1220. The first-order chi connectivity index (χ1) is 16.3. The van der Waals surface area contributed by atoms with Crippen molar-refractivity contribution in [2.75, 3.05) is 24.5 Å². The zero-order valence-corrected chi connectivity index (χ0v) is 21.4. The lowest BCUT2D eigenvalue weighted by molar-refractivity contribution is -0.154. The first-order valence-electron chi connectivity index (χ1n) is 12.1. The van der Waals surface area contributed by atoms with Crippen LogP contribution in [-0.4, -0.2) is 53.7 Å². The van der Waals surface area contributed by atoms with Gasteiger partial charge in [-0.05, 0) is 76.6 Å². The molecule has 2 aromatic carbocycles. The van der Waals surface area contributed by atoms with Crippen molar-refractivity contribution in [1.82, 2.24) is 4.90 Å². The van der Waals surface area contributed by atoms with Crippen LogP contribution in [0.1, 0.15) is 70.3 Å². The number of anilines is 1. The molecule has 0 saturated heterocycles. The molecule has 0 bridgehead atoms. The Morgan fingerprint density at radius 3 is 2.31 bits per heavy atom. The van der Waals surface area contributed by atoms with Crippen molar-refractivity contribution in [2.24, 2.45) is 0 Å². The Hall–Kier alpha value is -3.35. The highest BCUT2D eigenvalue weighted by molar-refractivity contribution is 6.26. The van der Waals surface area contributed by atoms with E-state index in [9.17, 15) is 14.4 Å². The number of carbonyl (C=O) groups excluding carboxylic acids is 3. The van der Waals surface area contributed by atoms with Crippen LogP contribution in [0.25, 0.3) is 16.3 Å². The average Bonchev–Trinajstić information content (AvgIpc) is 3.32. The highest BCUT2D eigenvalue weighted by Crippen LogP contribution is 2.41. The van der Waals surface area contributed by atoms with E-state index in [4.69, 9.17) is 9.47 Å². The van der Waals surface area contributed by atoms with Crippen LogP contribution in [0.2, 0.25) is 0 Å². The molecule has 0 aromatic heterocycles. The smallest absolute Gasteiger partial charge is 0.410 e. The second kappa shape index (κ2) is 9.02. The highest BCUT2D eigenvalue weighted by atomic mass is 16.6. The summed E-state index contributed by atoms with van der Waals surface area (Å²) in [7, 11) is 0. The molecule has 0 atom stereocenters. The first kappa shape index (κ1) is 24.8. The number of rotatable bonds is 5. The van der Waals surface area contributed by atoms with E-state index in [-0.39, 0.29) is 24.4 Å². The lowest BCUT2D eigenvalue weighted by atomic mass is 9.95. The lowest BCUT2D eigenvalue weighted by Gasteiger charge is -2.24. The molecule has 2 aliphatic rings. The summed E-state index contributed by atoms with van der Waals surface area (Å²) in [5.41, 5.74) is 2.51. The maximum absolute atomic E-state index is 13.2. The second-order valence-corrected chi connectivity index (χ2v) is 11.1. The number of benzene rings is 2. The largest absolute Gasteiger partial charge is 0.460 e. The predicted octanol–water partition coefficient (Wildman–Crippen LogP) is 5.56. The van der Waals surface area contributed by atoms with Gasteiger partial charge in [0.2, 0.25) is 0 Å². The molecule has 0 radical (unpaired) electrons. The number of nitrogens with zero attached hydrogens (tertiary/aromatic N) is 2. The number of hydrogen-bond acceptors (Lipinski definition) is 5. The molecule has 0 fully saturated rings. The molecule has 2 heterocycles. The fourth-order valence-electron chi connectivity index (χ4n) is 4.54. The summed E-state index contributed by atoms with van der Waals surface area (Å²) < 4.78 is 10.9. The number of hydrogen-bond donors (Lipinski definition) is 0. The van der Waals surface area contributed by atoms with E-state index in [2.05, 4.69) is 0 Å². The van der Waals surface area contributed by atoms with Gasteiger partial charge in [-0.1, -0.05) is 24.3 Å². The van der Waals surface area contributed by atoms with E-state index < -0.39 is 11.2 Å². The van der Waals surface area contributed by atoms with Gasteiger partial charge in [0.1, 0.15) is 11.2 Å². The van der Waals surface area contributed by atoms with Crippen LogP contribution in [0.3, 0.4) is 0 Å². The molecule has 35 heavy (non-hydrogen) atoms. The third-order valence-corrected chi connectivity index (χ3v) is 5.88. The summed E-state index contributed by atoms with van der Waals surface area (Å²) in [5, 5.41) is 1.91. The summed E-state index contributed by atoms with van der Waals surface area (Å²) in [6.07, 6.45) is 2.49. The fourth-order valence-corrected chi connectivity index (χ4v) is 4.54. The normalized spacial score (nSPS) is 15.6. The van der Waals surface area contributed by atoms with E-state index in [1.54, 1.807) is 9.80 Å². The highest BCUT2D eigenvalue weighted by Gasteiger charge is 2.32. The molecule has 0 unspecified atom stereocenters. The molecule has 7 heteroatoms. The first-order valence-corrected chi connectivity index (χ1v) is 12.1. The molecule has 4 rings (SSSR count). The van der Waals surface area contributed by atoms with Crippen LogP contribution in [0.5, 0.6) is 0 Å². The van der Waals surface area contributed by atoms with Gasteiger partial charge < -0.3 is 19.3 Å². The lowest BCUT2D eigenvalue weighted by Crippen LogP contribution is -2.35. The zero-order valence-electron chi connectivity index (χ0n) is 21.4. The summed E-state index contributed by atoms with van der Waals surface area (Å²) >= 11 is 0. The summed E-state index contributed by atoms with van der Waals surface area (Å²) in [6, 6.07) is 9.75. The molecular formula is C28H34N2O5. The van der Waals surface area contributed by atoms with Crippen molar-refractivity contribution in [3.63, 3.8) is 0 Å². The van der Waals surface area contributed by atoms with E-state index in [0.717, 1.165) is 27.6 Å². The molecular weight excluding hydrogens is 444 g/mol. The Kier molecular flexibility index (Phi) is 6.38. The van der Waals surface area contributed by atoms with Crippen molar-refractivity contribution < 1.29 is 23.9 Å². The van der Waals surface area contributed by atoms with Gasteiger partial charge in [0.25, 0.3) is 5.91 Å². The van der Waals surface area contributed by atoms with E-state index in [1.807, 2.05) is 78.0 Å². The van der Waals surface area contributed by atoms with E-state index >= 15 is 0 Å². The van der Waals surface area contributed by atoms with Gasteiger partial charge in [-0.25, -0.2) is 4.79 Å². The van der Waals surface area contributed by atoms with Crippen molar-refractivity contribution in [3.05, 3.63) is 47.5 Å². The summed E-state index contributed by atoms with van der Waals surface area (Å²) in [4.78, 5) is 41.3. The molecule has 0 aliphatic carbocycles. The Balaban J connectivity index is 1.52. The van der Waals surface area contributed by atoms with E-state index in [0.29, 0.717) is 31.6 Å². The maximum atomic E-state index is 13.2. The third kappa shape index (κ3) is 5.34. The molecule has 0 spiro atoms. The number of carbonyl (C=O) groups is 3. The number of esters is 1. The Morgan fingerprint density at radius 2 is 1.63 bits per heavy atom. The predicted molar refractivity (Wildman–Crippen MR) is 136 cm³/mol. The van der Waals surface area contributed by atoms with Gasteiger partial charge in [0.15, 0.2) is 0 Å². The SMILES string of the molecule is CC(C)(C)OC(=O)CCCN1C(=O)c2ccc(C3=CCN(C(=O)OC(C)(C)C)C3)c3cccc1c23. The van der Waals surface area contributed by atoms with Gasteiger partial charge in [-0.15, -0.1) is 0 Å². The molecule has 186 valence electrons. The van der Waals surface area contributed by atoms with Gasteiger partial charge in [0.05, 0.1) is 5.69 Å². The standard InChI is InChI=1S/C28H34N2O5/c1-27(2,3)34-23(31)11-8-15-30-22-10-7-9-20-19(12-13-21(24(20)22)25(30)32)18-14-16-29(17-18)26(33)35-28(4,5)6/h7,9-10,12-14H,8,11,15-17H2,1-6H3. The molecule has 2 amide bonds. The fraction of sp³-hybridized carbons (Fsp3) is 0.464. The van der Waals surface area contributed by atoms with Gasteiger partial charge >= 0.3 is 12.1 Å². The maximum Gasteiger partial charge on any atom is 0.410 e. The van der Waals surface area contributed by atoms with Gasteiger partial charge in [-0.2, -0.15) is 0 Å². The van der Waals surface area contributed by atoms with Crippen LogP contribution in [0.4, 0.5) is 10.5 Å². The minimum absolute atomic E-state index is 0.0530. The van der Waals surface area contributed by atoms with Crippen molar-refractivity contribution in [2.45, 2.75) is 65.6 Å². The van der Waals surface area contributed by atoms with Crippen molar-refractivity contribution in [3.8, 4) is 0 Å². The second-order valence-electron chi connectivity index (χ2n) is 11.1. The Labute approximate surface area is 206 Å². The van der Waals surface area contributed by atoms with Crippen molar-refractivity contribution in [1.29, 1.82) is 0 Å². The quantitative estimate of drug-likeness (QED) is 0.526. The number of ether oxygens (including phenoxy) is 2. The van der Waals surface area contributed by atoms with E-state index in [1.165, 1.54) is 0 Å². The molecule has 0 saturated carbocycles. The van der Waals surface area contributed by atoms with Crippen LogP contribution < -0.4 is 4.90 Å². The minimum atomic E-state index is -0.546. The number of amides is 2. The van der Waals surface area contributed by atoms with Crippen LogP contribution in [0.15, 0.2) is 36.4 Å². The zero-order chi connectivity index (χ0) is 25.5. The average molecular weight is 479 g/mol. The van der Waals surface area contributed by atoms with Gasteiger partial charge in [0, 0.05) is 37.0 Å². The summed E-state index contributed by atoms with van der Waals surface area (Å²) in [6.45, 7) is 12.5. The minimum Gasteiger partial charge on any atom is -0.460 e. The topological polar surface area (TPSA) is 76.2 Å². The molecule has 0 N–H and O–H groups in total. The molecule has 2 aromatic rings. The molecule has 7 nitrogen and oxygen atoms in total. The molecule has 2 aliphatic heterocycles. The third-order valence-electron chi connectivity index (χ3n) is 5.88. The van der Waals surface area contributed by atoms with Crippen LogP contribution >= 0.6 is 0 Å².